The number of carbonyl (C=O) groups excluding carboxylic acids is 1. The van der Waals surface area contributed by atoms with E-state index in [0.717, 1.165) is 38.5 Å². The molecule has 0 atom stereocenters. The Kier molecular flexibility index (Phi) is 7.04. The number of nitrogens with one attached hydrogen (secondary N) is 1. The molecule has 0 aromatic heterocycles. The van der Waals surface area contributed by atoms with E-state index in [1.807, 2.05) is 30.3 Å². The summed E-state index contributed by atoms with van der Waals surface area (Å²) in [5.41, 5.74) is 0.430. The zero-order valence-corrected chi connectivity index (χ0v) is 15.8. The third-order valence-electron chi connectivity index (χ3n) is 4.46. The van der Waals surface area contributed by atoms with Gasteiger partial charge in [0.05, 0.1) is 17.3 Å². The van der Waals surface area contributed by atoms with E-state index >= 15 is 0 Å². The van der Waals surface area contributed by atoms with Crippen LogP contribution in [0.3, 0.4) is 0 Å². The minimum atomic E-state index is -0.426. The molecule has 1 saturated heterocycles. The molecule has 1 aliphatic rings. The second-order valence-corrected chi connectivity index (χ2v) is 6.86. The van der Waals surface area contributed by atoms with Crippen molar-refractivity contribution in [2.24, 2.45) is 0 Å². The van der Waals surface area contributed by atoms with Crippen molar-refractivity contribution in [3.8, 4) is 5.75 Å². The minimum absolute atomic E-state index is 0.149. The van der Waals surface area contributed by atoms with Gasteiger partial charge in [-0.05, 0) is 30.3 Å². The number of para-hydroxylation sites is 1. The minimum Gasteiger partial charge on any atom is -0.492 e. The Hall–Kier alpha value is -2.15. The van der Waals surface area contributed by atoms with Crippen LogP contribution < -0.4 is 10.1 Å². The Morgan fingerprint density at radius 2 is 1.78 bits per heavy atom. The van der Waals surface area contributed by atoms with E-state index in [1.165, 1.54) is 18.2 Å². The van der Waals surface area contributed by atoms with Crippen molar-refractivity contribution in [2.75, 3.05) is 51.2 Å². The van der Waals surface area contributed by atoms with Crippen molar-refractivity contribution < 1.29 is 13.9 Å². The Labute approximate surface area is 163 Å². The Morgan fingerprint density at radius 1 is 1.07 bits per heavy atom. The van der Waals surface area contributed by atoms with Crippen molar-refractivity contribution in [1.29, 1.82) is 0 Å². The van der Waals surface area contributed by atoms with Crippen molar-refractivity contribution in [2.45, 2.75) is 0 Å². The lowest BCUT2D eigenvalue weighted by Crippen LogP contribution is -2.49. The normalized spacial score (nSPS) is 15.5. The molecule has 0 aliphatic carbocycles. The number of benzene rings is 2. The van der Waals surface area contributed by atoms with Gasteiger partial charge in [0, 0.05) is 32.7 Å². The number of rotatable bonds is 7. The number of piperazine rings is 1. The van der Waals surface area contributed by atoms with Crippen LogP contribution in [0.1, 0.15) is 0 Å². The zero-order valence-electron chi connectivity index (χ0n) is 15.0. The van der Waals surface area contributed by atoms with E-state index < -0.39 is 5.82 Å². The van der Waals surface area contributed by atoms with Gasteiger partial charge in [0.15, 0.2) is 0 Å². The smallest absolute Gasteiger partial charge is 0.238 e. The molecule has 5 nitrogen and oxygen atoms in total. The first-order valence-electron chi connectivity index (χ1n) is 8.97. The van der Waals surface area contributed by atoms with Gasteiger partial charge in [0.2, 0.25) is 5.91 Å². The van der Waals surface area contributed by atoms with Crippen molar-refractivity contribution in [1.82, 2.24) is 9.80 Å². The SMILES string of the molecule is O=C(CN1CCN(CCOc2ccccc2)CC1)Nc1ccc(F)cc1Cl. The standard InChI is InChI=1S/C20H23ClFN3O2/c21-18-14-16(22)6-7-19(18)23-20(26)15-25-10-8-24(9-11-25)12-13-27-17-4-2-1-3-5-17/h1-7,14H,8-13,15H2,(H,23,26). The molecule has 2 aromatic rings. The molecular formula is C20H23ClFN3O2. The molecule has 0 saturated carbocycles. The number of hydrogen-bond acceptors (Lipinski definition) is 4. The molecule has 144 valence electrons. The van der Waals surface area contributed by atoms with E-state index in [1.54, 1.807) is 0 Å². The molecule has 0 unspecified atom stereocenters. The Morgan fingerprint density at radius 3 is 2.48 bits per heavy atom. The van der Waals surface area contributed by atoms with Gasteiger partial charge in [-0.1, -0.05) is 29.8 Å². The molecule has 1 N–H and O–H groups in total. The van der Waals surface area contributed by atoms with E-state index in [4.69, 9.17) is 16.3 Å². The lowest BCUT2D eigenvalue weighted by Gasteiger charge is -2.34. The van der Waals surface area contributed by atoms with Gasteiger partial charge in [-0.25, -0.2) is 4.39 Å². The summed E-state index contributed by atoms with van der Waals surface area (Å²) in [4.78, 5) is 16.6. The molecule has 3 rings (SSSR count). The first kappa shape index (κ1) is 19.6. The highest BCUT2D eigenvalue weighted by molar-refractivity contribution is 6.33. The number of carbonyl (C=O) groups is 1. The highest BCUT2D eigenvalue weighted by atomic mass is 35.5. The first-order chi connectivity index (χ1) is 13.1. The van der Waals surface area contributed by atoms with Crippen molar-refractivity contribution in [3.63, 3.8) is 0 Å². The number of nitrogens with zero attached hydrogens (tertiary/aromatic N) is 2. The third-order valence-corrected chi connectivity index (χ3v) is 4.77. The van der Waals surface area contributed by atoms with Gasteiger partial charge in [-0.3, -0.25) is 14.6 Å². The monoisotopic (exact) mass is 391 g/mol. The van der Waals surface area contributed by atoms with Crippen LogP contribution in [0.2, 0.25) is 5.02 Å². The topological polar surface area (TPSA) is 44.8 Å². The molecule has 1 heterocycles. The molecule has 0 spiro atoms. The van der Waals surface area contributed by atoms with Gasteiger partial charge < -0.3 is 10.1 Å². The van der Waals surface area contributed by atoms with Crippen LogP contribution in [0.25, 0.3) is 0 Å². The summed E-state index contributed by atoms with van der Waals surface area (Å²) in [5.74, 6) is 0.307. The average Bonchev–Trinajstić information content (AvgIpc) is 2.66. The van der Waals surface area contributed by atoms with E-state index in [9.17, 15) is 9.18 Å². The largest absolute Gasteiger partial charge is 0.492 e. The zero-order chi connectivity index (χ0) is 19.1. The second kappa shape index (κ2) is 9.69. The third kappa shape index (κ3) is 6.20. The fourth-order valence-electron chi connectivity index (χ4n) is 2.96. The first-order valence-corrected chi connectivity index (χ1v) is 9.35. The molecule has 27 heavy (non-hydrogen) atoms. The summed E-state index contributed by atoms with van der Waals surface area (Å²) in [6.45, 7) is 5.22. The molecule has 0 radical (unpaired) electrons. The fourth-order valence-corrected chi connectivity index (χ4v) is 3.18. The number of anilines is 1. The van der Waals surface area contributed by atoms with Gasteiger partial charge in [-0.2, -0.15) is 0 Å². The fraction of sp³-hybridized carbons (Fsp3) is 0.350. The number of hydrogen-bond donors (Lipinski definition) is 1. The van der Waals surface area contributed by atoms with Crippen LogP contribution in [0.4, 0.5) is 10.1 Å². The summed E-state index contributed by atoms with van der Waals surface area (Å²) in [6, 6.07) is 13.7. The predicted octanol–water partition coefficient (Wildman–Crippen LogP) is 3.11. The molecule has 1 fully saturated rings. The van der Waals surface area contributed by atoms with Gasteiger partial charge in [0.25, 0.3) is 0 Å². The molecule has 0 bridgehead atoms. The van der Waals surface area contributed by atoms with Crippen LogP contribution in [-0.4, -0.2) is 61.6 Å². The average molecular weight is 392 g/mol. The molecule has 1 amide bonds. The molecular weight excluding hydrogens is 369 g/mol. The summed E-state index contributed by atoms with van der Waals surface area (Å²) >= 11 is 5.94. The van der Waals surface area contributed by atoms with Crippen molar-refractivity contribution >= 4 is 23.2 Å². The van der Waals surface area contributed by atoms with Crippen LogP contribution >= 0.6 is 11.6 Å². The van der Waals surface area contributed by atoms with Crippen LogP contribution in [0.15, 0.2) is 48.5 Å². The maximum absolute atomic E-state index is 13.1. The Bertz CT molecular complexity index is 752. The quantitative estimate of drug-likeness (QED) is 0.787. The second-order valence-electron chi connectivity index (χ2n) is 6.45. The van der Waals surface area contributed by atoms with Crippen LogP contribution in [0, 0.1) is 5.82 Å². The lowest BCUT2D eigenvalue weighted by atomic mass is 10.3. The van der Waals surface area contributed by atoms with Gasteiger partial charge >= 0.3 is 0 Å². The summed E-state index contributed by atoms with van der Waals surface area (Å²) in [6.07, 6.45) is 0. The summed E-state index contributed by atoms with van der Waals surface area (Å²) in [7, 11) is 0. The van der Waals surface area contributed by atoms with E-state index in [0.29, 0.717) is 18.8 Å². The summed E-state index contributed by atoms with van der Waals surface area (Å²) in [5, 5.41) is 2.94. The van der Waals surface area contributed by atoms with E-state index in [-0.39, 0.29) is 10.9 Å². The molecule has 1 aliphatic heterocycles. The Balaban J connectivity index is 1.35. The number of halogens is 2. The van der Waals surface area contributed by atoms with Gasteiger partial charge in [0.1, 0.15) is 18.2 Å². The van der Waals surface area contributed by atoms with Gasteiger partial charge in [-0.15, -0.1) is 0 Å². The highest BCUT2D eigenvalue weighted by Crippen LogP contribution is 2.22. The lowest BCUT2D eigenvalue weighted by molar-refractivity contribution is -0.117. The number of amides is 1. The van der Waals surface area contributed by atoms with Crippen LogP contribution in [-0.2, 0) is 4.79 Å². The predicted molar refractivity (Wildman–Crippen MR) is 105 cm³/mol. The summed E-state index contributed by atoms with van der Waals surface area (Å²) < 4.78 is 18.8. The van der Waals surface area contributed by atoms with E-state index in [2.05, 4.69) is 15.1 Å². The highest BCUT2D eigenvalue weighted by Gasteiger charge is 2.19. The number of ether oxygens (including phenoxy) is 1. The molecule has 2 aromatic carbocycles. The molecule has 7 heteroatoms. The maximum atomic E-state index is 13.1. The maximum Gasteiger partial charge on any atom is 0.238 e. The van der Waals surface area contributed by atoms with Crippen molar-refractivity contribution in [3.05, 3.63) is 59.4 Å². The van der Waals surface area contributed by atoms with Crippen LogP contribution in [0.5, 0.6) is 5.75 Å².